The van der Waals surface area contributed by atoms with Crippen molar-refractivity contribution in [1.29, 1.82) is 0 Å². The first-order valence-electron chi connectivity index (χ1n) is 4.59. The minimum Gasteiger partial charge on any atom is -0.319 e. The van der Waals surface area contributed by atoms with E-state index < -0.39 is 5.54 Å². The number of rotatable bonds is 1. The molecular weight excluding hydrogens is 176 g/mol. The molecule has 0 aliphatic rings. The van der Waals surface area contributed by atoms with Crippen molar-refractivity contribution >= 4 is 5.65 Å². The van der Waals surface area contributed by atoms with Gasteiger partial charge in [0.05, 0.1) is 5.54 Å². The second-order valence-corrected chi connectivity index (χ2v) is 4.18. The summed E-state index contributed by atoms with van der Waals surface area (Å²) in [4.78, 5) is 0. The van der Waals surface area contributed by atoms with Crippen LogP contribution in [-0.4, -0.2) is 14.6 Å². The fraction of sp³-hybridized carbons (Fsp3) is 0.400. The summed E-state index contributed by atoms with van der Waals surface area (Å²) in [7, 11) is 0. The molecule has 2 aromatic rings. The number of fused-ring (bicyclic) bond motifs is 1. The molecule has 0 radical (unpaired) electrons. The molecule has 0 spiro atoms. The summed E-state index contributed by atoms with van der Waals surface area (Å²) in [5, 5.41) is 8.17. The zero-order valence-electron chi connectivity index (χ0n) is 8.65. The average molecular weight is 190 g/mol. The third kappa shape index (κ3) is 1.37. The normalized spacial score (nSPS) is 12.3. The molecule has 0 unspecified atom stereocenters. The number of pyridine rings is 1. The molecule has 0 aliphatic carbocycles. The number of nitrogens with two attached hydrogens (primary N) is 1. The number of hydrogen-bond donors (Lipinski definition) is 1. The van der Waals surface area contributed by atoms with Crippen LogP contribution in [0.25, 0.3) is 5.65 Å². The summed E-state index contributed by atoms with van der Waals surface area (Å²) in [6.45, 7) is 5.87. The summed E-state index contributed by atoms with van der Waals surface area (Å²) in [5.41, 5.74) is 7.54. The molecule has 0 saturated carbocycles. The lowest BCUT2D eigenvalue weighted by atomic mass is 10.1. The number of aryl methyl sites for hydroxylation is 1. The average Bonchev–Trinajstić information content (AvgIpc) is 2.45. The molecule has 0 amide bonds. The van der Waals surface area contributed by atoms with Crippen molar-refractivity contribution in [3.63, 3.8) is 0 Å². The van der Waals surface area contributed by atoms with Gasteiger partial charge in [0, 0.05) is 6.20 Å². The van der Waals surface area contributed by atoms with Gasteiger partial charge in [-0.1, -0.05) is 0 Å². The maximum Gasteiger partial charge on any atom is 0.161 e. The topological polar surface area (TPSA) is 56.2 Å². The van der Waals surface area contributed by atoms with Crippen molar-refractivity contribution in [2.45, 2.75) is 26.3 Å². The SMILES string of the molecule is Cc1ccn2c(C(C)(C)N)nnc2c1. The maximum atomic E-state index is 5.98. The first-order valence-corrected chi connectivity index (χ1v) is 4.59. The Bertz CT molecular complexity index is 464. The minimum absolute atomic E-state index is 0.464. The van der Waals surface area contributed by atoms with E-state index in [4.69, 9.17) is 5.73 Å². The zero-order chi connectivity index (χ0) is 10.3. The second-order valence-electron chi connectivity index (χ2n) is 4.18. The van der Waals surface area contributed by atoms with Gasteiger partial charge in [0.1, 0.15) is 0 Å². The molecule has 2 N–H and O–H groups in total. The van der Waals surface area contributed by atoms with Crippen molar-refractivity contribution in [3.8, 4) is 0 Å². The molecule has 4 heteroatoms. The lowest BCUT2D eigenvalue weighted by molar-refractivity contribution is 0.508. The van der Waals surface area contributed by atoms with Gasteiger partial charge in [-0.3, -0.25) is 4.40 Å². The van der Waals surface area contributed by atoms with Gasteiger partial charge in [0.25, 0.3) is 0 Å². The van der Waals surface area contributed by atoms with Gasteiger partial charge in [-0.2, -0.15) is 0 Å². The Morgan fingerprint density at radius 1 is 1.36 bits per heavy atom. The molecule has 2 aromatic heterocycles. The van der Waals surface area contributed by atoms with Gasteiger partial charge in [0.2, 0.25) is 0 Å². The van der Waals surface area contributed by atoms with Crippen molar-refractivity contribution < 1.29 is 0 Å². The molecule has 0 aromatic carbocycles. The molecule has 2 rings (SSSR count). The van der Waals surface area contributed by atoms with Crippen LogP contribution in [0, 0.1) is 6.92 Å². The van der Waals surface area contributed by atoms with Gasteiger partial charge >= 0.3 is 0 Å². The van der Waals surface area contributed by atoms with Gasteiger partial charge in [-0.25, -0.2) is 0 Å². The van der Waals surface area contributed by atoms with Gasteiger partial charge in [0.15, 0.2) is 11.5 Å². The van der Waals surface area contributed by atoms with E-state index >= 15 is 0 Å². The van der Waals surface area contributed by atoms with E-state index in [9.17, 15) is 0 Å². The lowest BCUT2D eigenvalue weighted by Gasteiger charge is -2.15. The van der Waals surface area contributed by atoms with Crippen LogP contribution in [0.15, 0.2) is 18.3 Å². The summed E-state index contributed by atoms with van der Waals surface area (Å²) < 4.78 is 1.92. The van der Waals surface area contributed by atoms with Crippen molar-refractivity contribution in [2.75, 3.05) is 0 Å². The molecular formula is C10H14N4. The fourth-order valence-electron chi connectivity index (χ4n) is 1.43. The zero-order valence-corrected chi connectivity index (χ0v) is 8.65. The minimum atomic E-state index is -0.464. The van der Waals surface area contributed by atoms with Crippen LogP contribution in [0.5, 0.6) is 0 Å². The molecule has 0 bridgehead atoms. The highest BCUT2D eigenvalue weighted by molar-refractivity contribution is 5.41. The predicted octanol–water partition coefficient (Wildman–Crippen LogP) is 1.23. The Labute approximate surface area is 82.8 Å². The Balaban J connectivity index is 2.70. The molecule has 0 aliphatic heterocycles. The Hall–Kier alpha value is -1.42. The third-order valence-corrected chi connectivity index (χ3v) is 2.14. The van der Waals surface area contributed by atoms with Gasteiger partial charge < -0.3 is 5.73 Å². The molecule has 0 fully saturated rings. The molecule has 74 valence electrons. The van der Waals surface area contributed by atoms with Crippen molar-refractivity contribution in [3.05, 3.63) is 29.7 Å². The van der Waals surface area contributed by atoms with Crippen molar-refractivity contribution in [1.82, 2.24) is 14.6 Å². The Morgan fingerprint density at radius 2 is 2.07 bits per heavy atom. The smallest absolute Gasteiger partial charge is 0.161 e. The molecule has 4 nitrogen and oxygen atoms in total. The van der Waals surface area contributed by atoms with Crippen LogP contribution < -0.4 is 5.73 Å². The van der Waals surface area contributed by atoms with Crippen molar-refractivity contribution in [2.24, 2.45) is 5.73 Å². The first-order chi connectivity index (χ1) is 6.48. The Morgan fingerprint density at radius 3 is 2.71 bits per heavy atom. The predicted molar refractivity (Wildman–Crippen MR) is 54.9 cm³/mol. The van der Waals surface area contributed by atoms with E-state index in [-0.39, 0.29) is 0 Å². The van der Waals surface area contributed by atoms with Crippen LogP contribution in [0.4, 0.5) is 0 Å². The Kier molecular flexibility index (Phi) is 1.82. The standard InChI is InChI=1S/C10H14N4/c1-7-4-5-14-8(6-7)12-13-9(14)10(2,3)11/h4-6H,11H2,1-3H3. The van der Waals surface area contributed by atoms with E-state index in [2.05, 4.69) is 10.2 Å². The van der Waals surface area contributed by atoms with E-state index in [0.29, 0.717) is 0 Å². The molecule has 0 atom stereocenters. The molecule has 2 heterocycles. The van der Waals surface area contributed by atoms with E-state index in [1.807, 2.05) is 43.5 Å². The number of nitrogens with zero attached hydrogens (tertiary/aromatic N) is 3. The van der Waals surface area contributed by atoms with Crippen LogP contribution in [0.3, 0.4) is 0 Å². The highest BCUT2D eigenvalue weighted by Crippen LogP contribution is 2.16. The van der Waals surface area contributed by atoms with E-state index in [1.54, 1.807) is 0 Å². The molecule has 0 saturated heterocycles. The highest BCUT2D eigenvalue weighted by atomic mass is 15.3. The van der Waals surface area contributed by atoms with Gasteiger partial charge in [-0.15, -0.1) is 10.2 Å². The first kappa shape index (κ1) is 9.15. The molecule has 14 heavy (non-hydrogen) atoms. The monoisotopic (exact) mass is 190 g/mol. The maximum absolute atomic E-state index is 5.98. The van der Waals surface area contributed by atoms with Crippen LogP contribution in [0.2, 0.25) is 0 Å². The number of aromatic nitrogens is 3. The number of hydrogen-bond acceptors (Lipinski definition) is 3. The second kappa shape index (κ2) is 2.78. The fourth-order valence-corrected chi connectivity index (χ4v) is 1.43. The third-order valence-electron chi connectivity index (χ3n) is 2.14. The van der Waals surface area contributed by atoms with Crippen LogP contribution >= 0.6 is 0 Å². The largest absolute Gasteiger partial charge is 0.319 e. The summed E-state index contributed by atoms with van der Waals surface area (Å²) in [6, 6.07) is 4.01. The van der Waals surface area contributed by atoms with Crippen LogP contribution in [0.1, 0.15) is 25.2 Å². The lowest BCUT2D eigenvalue weighted by Crippen LogP contribution is -2.31. The van der Waals surface area contributed by atoms with E-state index in [1.165, 1.54) is 5.56 Å². The van der Waals surface area contributed by atoms with E-state index in [0.717, 1.165) is 11.5 Å². The quantitative estimate of drug-likeness (QED) is 0.735. The van der Waals surface area contributed by atoms with Gasteiger partial charge in [-0.05, 0) is 38.5 Å². The summed E-state index contributed by atoms with van der Waals surface area (Å²) in [6.07, 6.45) is 1.95. The van der Waals surface area contributed by atoms with Crippen LogP contribution in [-0.2, 0) is 5.54 Å². The summed E-state index contributed by atoms with van der Waals surface area (Å²) >= 11 is 0. The highest BCUT2D eigenvalue weighted by Gasteiger charge is 2.20. The summed E-state index contributed by atoms with van der Waals surface area (Å²) in [5.74, 6) is 0.785.